The molecular formula is C31H32N4O. The number of carbonyl (C=O) groups is 1. The fourth-order valence-electron chi connectivity index (χ4n) is 4.91. The lowest BCUT2D eigenvalue weighted by Gasteiger charge is -2.36. The highest BCUT2D eigenvalue weighted by Gasteiger charge is 2.30. The van der Waals surface area contributed by atoms with E-state index in [4.69, 9.17) is 0 Å². The third-order valence-electron chi connectivity index (χ3n) is 6.86. The van der Waals surface area contributed by atoms with Gasteiger partial charge in [0.15, 0.2) is 0 Å². The first-order valence-corrected chi connectivity index (χ1v) is 12.8. The summed E-state index contributed by atoms with van der Waals surface area (Å²) < 4.78 is 0. The van der Waals surface area contributed by atoms with Crippen LogP contribution in [0.3, 0.4) is 0 Å². The van der Waals surface area contributed by atoms with Gasteiger partial charge in [0.25, 0.3) is 0 Å². The third-order valence-corrected chi connectivity index (χ3v) is 6.86. The molecule has 5 rings (SSSR count). The lowest BCUT2D eigenvalue weighted by molar-refractivity contribution is -0.136. The summed E-state index contributed by atoms with van der Waals surface area (Å²) in [5.74, 6) is 1.07. The van der Waals surface area contributed by atoms with Gasteiger partial charge in [0.05, 0.1) is 11.6 Å². The van der Waals surface area contributed by atoms with Crippen LogP contribution in [0.5, 0.6) is 0 Å². The quantitative estimate of drug-likeness (QED) is 0.331. The number of hydrogen-bond donors (Lipinski definition) is 0. The minimum absolute atomic E-state index is 0.0478. The zero-order valence-corrected chi connectivity index (χ0v) is 20.5. The van der Waals surface area contributed by atoms with E-state index in [2.05, 4.69) is 63.4 Å². The van der Waals surface area contributed by atoms with Gasteiger partial charge in [0.2, 0.25) is 5.91 Å². The lowest BCUT2D eigenvalue weighted by Crippen LogP contribution is -2.45. The van der Waals surface area contributed by atoms with Crippen LogP contribution in [0.2, 0.25) is 0 Å². The maximum Gasteiger partial charge on any atom is 0.227 e. The average molecular weight is 477 g/mol. The Hall–Kier alpha value is -3.99. The monoisotopic (exact) mass is 476 g/mol. The van der Waals surface area contributed by atoms with Gasteiger partial charge in [-0.25, -0.2) is 9.97 Å². The van der Waals surface area contributed by atoms with Crippen LogP contribution in [0.25, 0.3) is 11.3 Å². The van der Waals surface area contributed by atoms with Crippen LogP contribution in [0.1, 0.15) is 24.0 Å². The molecule has 0 saturated carbocycles. The molecule has 0 bridgehead atoms. The van der Waals surface area contributed by atoms with Gasteiger partial charge in [-0.2, -0.15) is 0 Å². The highest BCUT2D eigenvalue weighted by atomic mass is 16.2. The van der Waals surface area contributed by atoms with Crippen molar-refractivity contribution in [3.8, 4) is 11.3 Å². The van der Waals surface area contributed by atoms with Crippen LogP contribution in [0.15, 0.2) is 103 Å². The summed E-state index contributed by atoms with van der Waals surface area (Å²) in [4.78, 5) is 27.2. The van der Waals surface area contributed by atoms with Crippen molar-refractivity contribution < 1.29 is 4.79 Å². The van der Waals surface area contributed by atoms with Gasteiger partial charge in [-0.05, 0) is 30.4 Å². The molecule has 1 aliphatic heterocycles. The molecule has 182 valence electrons. The summed E-state index contributed by atoms with van der Waals surface area (Å²) >= 11 is 0. The molecule has 1 aromatic heterocycles. The fraction of sp³-hybridized carbons (Fsp3) is 0.258. The van der Waals surface area contributed by atoms with Crippen molar-refractivity contribution in [3.63, 3.8) is 0 Å². The first-order chi connectivity index (χ1) is 17.8. The largest absolute Gasteiger partial charge is 0.356 e. The van der Waals surface area contributed by atoms with Gasteiger partial charge >= 0.3 is 0 Å². The number of aromatic nitrogens is 2. The zero-order chi connectivity index (χ0) is 24.6. The Morgan fingerprint density at radius 2 is 1.53 bits per heavy atom. The average Bonchev–Trinajstić information content (AvgIpc) is 2.96. The molecule has 0 radical (unpaired) electrons. The van der Waals surface area contributed by atoms with Crippen LogP contribution >= 0.6 is 0 Å². The molecule has 0 aliphatic carbocycles. The molecule has 0 spiro atoms. The molecule has 3 aromatic carbocycles. The number of nitrogens with zero attached hydrogens (tertiary/aromatic N) is 4. The van der Waals surface area contributed by atoms with E-state index in [-0.39, 0.29) is 11.8 Å². The van der Waals surface area contributed by atoms with Crippen LogP contribution in [-0.4, -0.2) is 40.4 Å². The van der Waals surface area contributed by atoms with Crippen molar-refractivity contribution in [2.75, 3.05) is 24.5 Å². The van der Waals surface area contributed by atoms with E-state index in [1.165, 1.54) is 5.56 Å². The van der Waals surface area contributed by atoms with Gasteiger partial charge in [-0.1, -0.05) is 91.0 Å². The molecule has 1 atom stereocenters. The summed E-state index contributed by atoms with van der Waals surface area (Å²) in [5, 5.41) is 0. The second-order valence-corrected chi connectivity index (χ2v) is 9.39. The van der Waals surface area contributed by atoms with Crippen molar-refractivity contribution in [2.45, 2.75) is 25.8 Å². The van der Waals surface area contributed by atoms with Crippen molar-refractivity contribution in [3.05, 3.63) is 115 Å². The Bertz CT molecular complexity index is 1250. The molecule has 1 unspecified atom stereocenters. The Balaban J connectivity index is 1.31. The van der Waals surface area contributed by atoms with E-state index in [9.17, 15) is 4.79 Å². The summed E-state index contributed by atoms with van der Waals surface area (Å²) in [6.07, 6.45) is 4.36. The number of rotatable bonds is 8. The van der Waals surface area contributed by atoms with Crippen LogP contribution < -0.4 is 4.90 Å². The molecule has 1 aliphatic rings. The molecular weight excluding hydrogens is 444 g/mol. The second-order valence-electron chi connectivity index (χ2n) is 9.39. The number of carbonyl (C=O) groups excluding carboxylic acids is 1. The van der Waals surface area contributed by atoms with Crippen LogP contribution in [0, 0.1) is 5.92 Å². The highest BCUT2D eigenvalue weighted by Crippen LogP contribution is 2.26. The van der Waals surface area contributed by atoms with Gasteiger partial charge < -0.3 is 9.80 Å². The van der Waals surface area contributed by atoms with E-state index in [0.29, 0.717) is 19.6 Å². The Morgan fingerprint density at radius 1 is 0.861 bits per heavy atom. The Labute approximate surface area is 213 Å². The minimum atomic E-state index is -0.0478. The van der Waals surface area contributed by atoms with E-state index >= 15 is 0 Å². The summed E-state index contributed by atoms with van der Waals surface area (Å²) in [6.45, 7) is 2.92. The number of piperidine rings is 1. The highest BCUT2D eigenvalue weighted by molar-refractivity contribution is 5.80. The lowest BCUT2D eigenvalue weighted by atomic mass is 9.95. The van der Waals surface area contributed by atoms with Crippen molar-refractivity contribution in [2.24, 2.45) is 5.92 Å². The number of benzene rings is 3. The van der Waals surface area contributed by atoms with E-state index in [0.717, 1.165) is 48.4 Å². The standard InChI is InChI=1S/C31H32N4O/c36-31(35(22-26-13-6-2-7-14-26)20-18-25-11-4-1-5-12-25)28-17-10-19-34(23-28)30-21-29(32-24-33-30)27-15-8-3-9-16-27/h1-9,11-16,21,24,28H,10,17-20,22-23H2. The van der Waals surface area contributed by atoms with Crippen molar-refractivity contribution in [1.29, 1.82) is 0 Å². The molecule has 36 heavy (non-hydrogen) atoms. The van der Waals surface area contributed by atoms with E-state index in [1.54, 1.807) is 6.33 Å². The molecule has 1 amide bonds. The molecule has 5 nitrogen and oxygen atoms in total. The maximum atomic E-state index is 13.9. The predicted octanol–water partition coefficient (Wildman–Crippen LogP) is 5.63. The molecule has 0 N–H and O–H groups in total. The van der Waals surface area contributed by atoms with Gasteiger partial charge in [0, 0.05) is 37.8 Å². The molecule has 1 saturated heterocycles. The van der Waals surface area contributed by atoms with Crippen molar-refractivity contribution >= 4 is 11.7 Å². The molecule has 2 heterocycles. The number of amides is 1. The van der Waals surface area contributed by atoms with Crippen LogP contribution in [-0.2, 0) is 17.8 Å². The van der Waals surface area contributed by atoms with Gasteiger partial charge in [0.1, 0.15) is 12.1 Å². The topological polar surface area (TPSA) is 49.3 Å². The number of hydrogen-bond acceptors (Lipinski definition) is 4. The summed E-state index contributed by atoms with van der Waals surface area (Å²) in [5.41, 5.74) is 4.39. The van der Waals surface area contributed by atoms with E-state index < -0.39 is 0 Å². The zero-order valence-electron chi connectivity index (χ0n) is 20.5. The Kier molecular flexibility index (Phi) is 7.67. The minimum Gasteiger partial charge on any atom is -0.356 e. The normalized spacial score (nSPS) is 15.4. The second kappa shape index (κ2) is 11.6. The molecule has 5 heteroatoms. The van der Waals surface area contributed by atoms with Gasteiger partial charge in [-0.3, -0.25) is 4.79 Å². The summed E-state index contributed by atoms with van der Waals surface area (Å²) in [6, 6.07) is 32.9. The first-order valence-electron chi connectivity index (χ1n) is 12.8. The van der Waals surface area contributed by atoms with Crippen molar-refractivity contribution in [1.82, 2.24) is 14.9 Å². The molecule has 1 fully saturated rings. The number of anilines is 1. The van der Waals surface area contributed by atoms with E-state index in [1.807, 2.05) is 53.4 Å². The third kappa shape index (κ3) is 5.98. The Morgan fingerprint density at radius 3 is 2.25 bits per heavy atom. The predicted molar refractivity (Wildman–Crippen MR) is 144 cm³/mol. The van der Waals surface area contributed by atoms with Crippen LogP contribution in [0.4, 0.5) is 5.82 Å². The van der Waals surface area contributed by atoms with Gasteiger partial charge in [-0.15, -0.1) is 0 Å². The SMILES string of the molecule is O=C(C1CCCN(c2cc(-c3ccccc3)ncn2)C1)N(CCc1ccccc1)Cc1ccccc1. The first kappa shape index (κ1) is 23.7. The maximum absolute atomic E-state index is 13.9. The summed E-state index contributed by atoms with van der Waals surface area (Å²) in [7, 11) is 0. The fourth-order valence-corrected chi connectivity index (χ4v) is 4.91. The molecule has 4 aromatic rings. The smallest absolute Gasteiger partial charge is 0.227 e.